The number of furan rings is 1. The predicted molar refractivity (Wildman–Crippen MR) is 65.2 cm³/mol. The van der Waals surface area contributed by atoms with Gasteiger partial charge in [-0.15, -0.1) is 0 Å². The topological polar surface area (TPSA) is 36.6 Å². The number of rotatable bonds is 9. The van der Waals surface area contributed by atoms with E-state index in [1.165, 1.54) is 25.7 Å². The van der Waals surface area contributed by atoms with Crippen LogP contribution in [0.5, 0.6) is 0 Å². The Kier molecular flexibility index (Phi) is 6.93. The third-order valence-corrected chi connectivity index (χ3v) is 2.70. The fraction of sp³-hybridized carbons (Fsp3) is 0.692. The first-order valence-corrected chi connectivity index (χ1v) is 6.22. The summed E-state index contributed by atoms with van der Waals surface area (Å²) in [7, 11) is 0. The van der Waals surface area contributed by atoms with Crippen molar-refractivity contribution < 1.29 is 9.52 Å². The second-order valence-corrected chi connectivity index (χ2v) is 4.14. The molecule has 0 radical (unpaired) electrons. The minimum Gasteiger partial charge on any atom is -0.468 e. The van der Waals surface area contributed by atoms with E-state index in [-0.39, 0.29) is 6.61 Å². The van der Waals surface area contributed by atoms with Crippen molar-refractivity contribution >= 4 is 0 Å². The third kappa shape index (κ3) is 5.33. The van der Waals surface area contributed by atoms with Crippen LogP contribution in [-0.4, -0.2) is 29.7 Å². The van der Waals surface area contributed by atoms with Crippen LogP contribution >= 0.6 is 0 Å². The smallest absolute Gasteiger partial charge is 0.117 e. The van der Waals surface area contributed by atoms with Crippen LogP contribution in [-0.2, 0) is 6.54 Å². The molecule has 0 fully saturated rings. The van der Waals surface area contributed by atoms with Gasteiger partial charge in [0.15, 0.2) is 0 Å². The largest absolute Gasteiger partial charge is 0.468 e. The molecule has 0 bridgehead atoms. The molecule has 16 heavy (non-hydrogen) atoms. The molecule has 0 atom stereocenters. The van der Waals surface area contributed by atoms with E-state index < -0.39 is 0 Å². The average molecular weight is 225 g/mol. The van der Waals surface area contributed by atoms with E-state index >= 15 is 0 Å². The summed E-state index contributed by atoms with van der Waals surface area (Å²) >= 11 is 0. The number of nitrogens with zero attached hydrogens (tertiary/aromatic N) is 1. The first kappa shape index (κ1) is 13.3. The lowest BCUT2D eigenvalue weighted by atomic mass is 10.2. The van der Waals surface area contributed by atoms with Crippen molar-refractivity contribution in [3.05, 3.63) is 24.2 Å². The number of unbranched alkanes of at least 4 members (excludes halogenated alkanes) is 3. The van der Waals surface area contributed by atoms with Gasteiger partial charge in [-0.05, 0) is 25.1 Å². The van der Waals surface area contributed by atoms with Crippen LogP contribution in [0.1, 0.15) is 38.4 Å². The summed E-state index contributed by atoms with van der Waals surface area (Å²) in [4.78, 5) is 2.24. The van der Waals surface area contributed by atoms with Crippen LogP contribution in [0, 0.1) is 0 Å². The molecule has 3 heteroatoms. The van der Waals surface area contributed by atoms with Gasteiger partial charge in [-0.2, -0.15) is 0 Å². The van der Waals surface area contributed by atoms with Crippen molar-refractivity contribution in [3.8, 4) is 0 Å². The highest BCUT2D eigenvalue weighted by Gasteiger charge is 2.06. The van der Waals surface area contributed by atoms with Crippen LogP contribution < -0.4 is 0 Å². The predicted octanol–water partition coefficient (Wildman–Crippen LogP) is 2.65. The van der Waals surface area contributed by atoms with Crippen molar-refractivity contribution in [3.63, 3.8) is 0 Å². The van der Waals surface area contributed by atoms with E-state index in [9.17, 15) is 0 Å². The number of aliphatic hydroxyl groups is 1. The molecule has 0 aliphatic carbocycles. The molecule has 0 spiro atoms. The van der Waals surface area contributed by atoms with Crippen molar-refractivity contribution in [2.45, 2.75) is 39.2 Å². The molecular weight excluding hydrogens is 202 g/mol. The summed E-state index contributed by atoms with van der Waals surface area (Å²) in [5.41, 5.74) is 0. The second kappa shape index (κ2) is 8.36. The molecule has 1 N–H and O–H groups in total. The van der Waals surface area contributed by atoms with E-state index in [2.05, 4.69) is 11.8 Å². The average Bonchev–Trinajstić information content (AvgIpc) is 2.77. The Bertz CT molecular complexity index is 246. The molecule has 0 aliphatic rings. The minimum atomic E-state index is 0.217. The lowest BCUT2D eigenvalue weighted by Gasteiger charge is -2.19. The molecule has 92 valence electrons. The minimum absolute atomic E-state index is 0.217. The van der Waals surface area contributed by atoms with Crippen molar-refractivity contribution in [2.75, 3.05) is 19.7 Å². The molecule has 0 amide bonds. The first-order valence-electron chi connectivity index (χ1n) is 6.22. The quantitative estimate of drug-likeness (QED) is 0.656. The Balaban J connectivity index is 2.24. The van der Waals surface area contributed by atoms with Crippen molar-refractivity contribution in [1.29, 1.82) is 0 Å². The standard InChI is InChI=1S/C13H23NO2/c1-2-3-4-5-8-14(9-10-15)12-13-7-6-11-16-13/h6-7,11,15H,2-5,8-10,12H2,1H3. The number of hydrogen-bond acceptors (Lipinski definition) is 3. The van der Waals surface area contributed by atoms with Gasteiger partial charge in [0.1, 0.15) is 5.76 Å². The number of aliphatic hydroxyl groups excluding tert-OH is 1. The van der Waals surface area contributed by atoms with Crippen LogP contribution in [0.2, 0.25) is 0 Å². The zero-order valence-corrected chi connectivity index (χ0v) is 10.2. The molecule has 1 aromatic heterocycles. The Labute approximate surface area is 98.1 Å². The van der Waals surface area contributed by atoms with E-state index in [0.29, 0.717) is 0 Å². The van der Waals surface area contributed by atoms with Crippen molar-refractivity contribution in [1.82, 2.24) is 4.90 Å². The fourth-order valence-electron chi connectivity index (χ4n) is 1.80. The highest BCUT2D eigenvalue weighted by Crippen LogP contribution is 2.07. The van der Waals surface area contributed by atoms with Gasteiger partial charge in [-0.1, -0.05) is 26.2 Å². The summed E-state index contributed by atoms with van der Waals surface area (Å²) in [5, 5.41) is 9.00. The van der Waals surface area contributed by atoms with Crippen LogP contribution in [0.4, 0.5) is 0 Å². The normalized spacial score (nSPS) is 11.2. The van der Waals surface area contributed by atoms with Gasteiger partial charge in [0.05, 0.1) is 19.4 Å². The van der Waals surface area contributed by atoms with Crippen molar-refractivity contribution in [2.24, 2.45) is 0 Å². The molecule has 3 nitrogen and oxygen atoms in total. The maximum Gasteiger partial charge on any atom is 0.117 e. The molecule has 0 saturated heterocycles. The summed E-state index contributed by atoms with van der Waals surface area (Å²) in [5.74, 6) is 0.976. The van der Waals surface area contributed by atoms with Gasteiger partial charge in [-0.25, -0.2) is 0 Å². The molecule has 1 rings (SSSR count). The molecule has 1 heterocycles. The van der Waals surface area contributed by atoms with Crippen LogP contribution in [0.15, 0.2) is 22.8 Å². The highest BCUT2D eigenvalue weighted by molar-refractivity contribution is 4.97. The molecule has 0 aliphatic heterocycles. The van der Waals surface area contributed by atoms with Crippen LogP contribution in [0.3, 0.4) is 0 Å². The third-order valence-electron chi connectivity index (χ3n) is 2.70. The lowest BCUT2D eigenvalue weighted by Crippen LogP contribution is -2.27. The zero-order chi connectivity index (χ0) is 11.6. The summed E-state index contributed by atoms with van der Waals surface area (Å²) in [6.07, 6.45) is 6.74. The summed E-state index contributed by atoms with van der Waals surface area (Å²) in [6.45, 7) is 5.01. The Hall–Kier alpha value is -0.800. The maximum atomic E-state index is 9.00. The van der Waals surface area contributed by atoms with Gasteiger partial charge in [0, 0.05) is 6.54 Å². The van der Waals surface area contributed by atoms with Gasteiger partial charge in [0.2, 0.25) is 0 Å². The first-order chi connectivity index (χ1) is 7.86. The van der Waals surface area contributed by atoms with Gasteiger partial charge < -0.3 is 9.52 Å². The van der Waals surface area contributed by atoms with E-state index in [0.717, 1.165) is 25.4 Å². The molecule has 1 aromatic rings. The maximum absolute atomic E-state index is 9.00. The van der Waals surface area contributed by atoms with E-state index in [1.807, 2.05) is 12.1 Å². The molecule has 0 saturated carbocycles. The lowest BCUT2D eigenvalue weighted by molar-refractivity contribution is 0.178. The Morgan fingerprint density at radius 3 is 2.75 bits per heavy atom. The van der Waals surface area contributed by atoms with Gasteiger partial charge in [-0.3, -0.25) is 4.90 Å². The molecule has 0 aromatic carbocycles. The summed E-state index contributed by atoms with van der Waals surface area (Å²) in [6, 6.07) is 3.89. The Morgan fingerprint density at radius 1 is 1.25 bits per heavy atom. The van der Waals surface area contributed by atoms with E-state index in [4.69, 9.17) is 9.52 Å². The van der Waals surface area contributed by atoms with Crippen LogP contribution in [0.25, 0.3) is 0 Å². The molecular formula is C13H23NO2. The summed E-state index contributed by atoms with van der Waals surface area (Å²) < 4.78 is 5.31. The molecule has 0 unspecified atom stereocenters. The zero-order valence-electron chi connectivity index (χ0n) is 10.2. The SMILES string of the molecule is CCCCCCN(CCO)Cc1ccco1. The monoisotopic (exact) mass is 225 g/mol. The fourth-order valence-corrected chi connectivity index (χ4v) is 1.80. The Morgan fingerprint density at radius 2 is 2.12 bits per heavy atom. The second-order valence-electron chi connectivity index (χ2n) is 4.14. The van der Waals surface area contributed by atoms with E-state index in [1.54, 1.807) is 6.26 Å². The number of hydrogen-bond donors (Lipinski definition) is 1. The van der Waals surface area contributed by atoms with Gasteiger partial charge >= 0.3 is 0 Å². The highest BCUT2D eigenvalue weighted by atomic mass is 16.3. The van der Waals surface area contributed by atoms with Gasteiger partial charge in [0.25, 0.3) is 0 Å².